The zero-order chi connectivity index (χ0) is 21.1. The summed E-state index contributed by atoms with van der Waals surface area (Å²) in [6, 6.07) is 9.78. The Bertz CT molecular complexity index is 1150. The lowest BCUT2D eigenvalue weighted by atomic mass is 10.2. The molecule has 0 atom stereocenters. The second-order valence-corrected chi connectivity index (χ2v) is 7.36. The number of hydrogen-bond acceptors (Lipinski definition) is 8. The van der Waals surface area contributed by atoms with E-state index in [0.717, 1.165) is 16.2 Å². The van der Waals surface area contributed by atoms with Crippen molar-refractivity contribution < 1.29 is 9.47 Å². The van der Waals surface area contributed by atoms with Crippen molar-refractivity contribution in [2.24, 2.45) is 7.05 Å². The topological polar surface area (TPSA) is 103 Å². The summed E-state index contributed by atoms with van der Waals surface area (Å²) in [6.07, 6.45) is 5.59. The molecule has 0 unspecified atom stereocenters. The fourth-order valence-corrected chi connectivity index (χ4v) is 3.25. The van der Waals surface area contributed by atoms with E-state index in [1.165, 1.54) is 0 Å². The van der Waals surface area contributed by atoms with E-state index in [1.54, 1.807) is 29.8 Å². The SMILES string of the molecule is COc1c(Nc2cc(C)[nH]n2)nc(Oc2ccc(SC)cc2)nc1-c1cnn(C)c1. The normalized spacial score (nSPS) is 10.8. The third-order valence-electron chi connectivity index (χ3n) is 4.25. The number of ether oxygens (including phenoxy) is 2. The van der Waals surface area contributed by atoms with Crippen LogP contribution in [0.1, 0.15) is 5.69 Å². The number of nitrogens with one attached hydrogen (secondary N) is 2. The number of aryl methyl sites for hydroxylation is 2. The minimum absolute atomic E-state index is 0.182. The molecule has 9 nitrogen and oxygen atoms in total. The number of benzene rings is 1. The first-order valence-corrected chi connectivity index (χ1v) is 10.3. The summed E-state index contributed by atoms with van der Waals surface area (Å²) in [5.41, 5.74) is 2.26. The van der Waals surface area contributed by atoms with Crippen molar-refractivity contribution in [1.29, 1.82) is 0 Å². The van der Waals surface area contributed by atoms with Gasteiger partial charge in [-0.1, -0.05) is 0 Å². The van der Waals surface area contributed by atoms with Gasteiger partial charge in [0, 0.05) is 35.5 Å². The maximum Gasteiger partial charge on any atom is 0.324 e. The average Bonchev–Trinajstić information content (AvgIpc) is 3.36. The van der Waals surface area contributed by atoms with Crippen LogP contribution in [0.2, 0.25) is 0 Å². The van der Waals surface area contributed by atoms with E-state index in [1.807, 2.05) is 56.8 Å². The summed E-state index contributed by atoms with van der Waals surface area (Å²) in [7, 11) is 3.41. The van der Waals surface area contributed by atoms with Gasteiger partial charge < -0.3 is 14.8 Å². The highest BCUT2D eigenvalue weighted by Crippen LogP contribution is 2.37. The molecule has 0 amide bonds. The maximum atomic E-state index is 5.95. The van der Waals surface area contributed by atoms with Crippen LogP contribution in [0.25, 0.3) is 11.3 Å². The molecule has 2 N–H and O–H groups in total. The summed E-state index contributed by atoms with van der Waals surface area (Å²) in [5, 5.41) is 14.5. The molecule has 0 bridgehead atoms. The van der Waals surface area contributed by atoms with E-state index in [4.69, 9.17) is 9.47 Å². The van der Waals surface area contributed by atoms with Crippen LogP contribution < -0.4 is 14.8 Å². The van der Waals surface area contributed by atoms with Crippen LogP contribution >= 0.6 is 11.8 Å². The van der Waals surface area contributed by atoms with Gasteiger partial charge in [-0.05, 0) is 37.4 Å². The minimum Gasteiger partial charge on any atom is -0.491 e. The first kappa shape index (κ1) is 19.8. The first-order chi connectivity index (χ1) is 14.6. The molecule has 154 valence electrons. The lowest BCUT2D eigenvalue weighted by Crippen LogP contribution is -2.04. The highest BCUT2D eigenvalue weighted by molar-refractivity contribution is 7.98. The molecule has 4 rings (SSSR count). The fraction of sp³-hybridized carbons (Fsp3) is 0.200. The van der Waals surface area contributed by atoms with Crippen molar-refractivity contribution >= 4 is 23.4 Å². The molecular weight excluding hydrogens is 402 g/mol. The highest BCUT2D eigenvalue weighted by atomic mass is 32.2. The summed E-state index contributed by atoms with van der Waals surface area (Å²) < 4.78 is 13.3. The Kier molecular flexibility index (Phi) is 5.57. The molecule has 0 saturated heterocycles. The van der Waals surface area contributed by atoms with Crippen molar-refractivity contribution in [3.05, 3.63) is 48.4 Å². The van der Waals surface area contributed by atoms with Gasteiger partial charge in [-0.3, -0.25) is 9.78 Å². The molecular formula is C20H21N7O2S. The Balaban J connectivity index is 1.77. The molecule has 0 fully saturated rings. The number of nitrogens with zero attached hydrogens (tertiary/aromatic N) is 5. The Morgan fingerprint density at radius 3 is 2.57 bits per heavy atom. The quantitative estimate of drug-likeness (QED) is 0.427. The van der Waals surface area contributed by atoms with Crippen LogP contribution in [0.5, 0.6) is 17.5 Å². The summed E-state index contributed by atoms with van der Waals surface area (Å²) in [5.74, 6) is 2.15. The number of anilines is 2. The van der Waals surface area contributed by atoms with Crippen LogP contribution in [0.15, 0.2) is 47.6 Å². The molecule has 3 aromatic heterocycles. The third-order valence-corrected chi connectivity index (χ3v) is 4.99. The van der Waals surface area contributed by atoms with Crippen molar-refractivity contribution in [2.75, 3.05) is 18.7 Å². The Hall–Kier alpha value is -3.53. The molecule has 0 saturated carbocycles. The van der Waals surface area contributed by atoms with Crippen molar-refractivity contribution in [3.63, 3.8) is 0 Å². The Morgan fingerprint density at radius 1 is 1.17 bits per heavy atom. The largest absolute Gasteiger partial charge is 0.491 e. The molecule has 30 heavy (non-hydrogen) atoms. The smallest absolute Gasteiger partial charge is 0.324 e. The monoisotopic (exact) mass is 423 g/mol. The molecule has 0 aliphatic heterocycles. The molecule has 10 heteroatoms. The summed E-state index contributed by atoms with van der Waals surface area (Å²) in [6.45, 7) is 1.92. The number of methoxy groups -OCH3 is 1. The summed E-state index contributed by atoms with van der Waals surface area (Å²) >= 11 is 1.66. The predicted octanol–water partition coefficient (Wildman–Crippen LogP) is 4.18. The van der Waals surface area contributed by atoms with Crippen LogP contribution in [-0.4, -0.2) is 43.3 Å². The number of H-pyrrole nitrogens is 1. The standard InChI is InChI=1S/C20H21N7O2S/c1-12-9-16(26-25-12)22-19-18(28-3)17(13-10-21-27(2)11-13)23-20(24-19)29-14-5-7-15(30-4)8-6-14/h5-11H,1-4H3,(H2,22,23,24,25,26). The Labute approximate surface area is 177 Å². The van der Waals surface area contributed by atoms with Gasteiger partial charge in [-0.25, -0.2) is 0 Å². The molecule has 0 spiro atoms. The van der Waals surface area contributed by atoms with Gasteiger partial charge in [0.1, 0.15) is 11.4 Å². The zero-order valence-electron chi connectivity index (χ0n) is 17.0. The first-order valence-electron chi connectivity index (χ1n) is 9.11. The lowest BCUT2D eigenvalue weighted by Gasteiger charge is -2.14. The molecule has 4 aromatic rings. The van der Waals surface area contributed by atoms with Gasteiger partial charge in [0.05, 0.1) is 13.3 Å². The lowest BCUT2D eigenvalue weighted by molar-refractivity contribution is 0.404. The fourth-order valence-electron chi connectivity index (χ4n) is 2.85. The van der Waals surface area contributed by atoms with Crippen molar-refractivity contribution in [3.8, 4) is 28.8 Å². The van der Waals surface area contributed by atoms with E-state index >= 15 is 0 Å². The molecule has 0 aliphatic carbocycles. The van der Waals surface area contributed by atoms with E-state index in [2.05, 4.69) is 30.6 Å². The predicted molar refractivity (Wildman–Crippen MR) is 116 cm³/mol. The summed E-state index contributed by atoms with van der Waals surface area (Å²) in [4.78, 5) is 10.3. The molecule has 0 aliphatic rings. The molecule has 0 radical (unpaired) electrons. The van der Waals surface area contributed by atoms with Crippen LogP contribution in [-0.2, 0) is 7.05 Å². The third kappa shape index (κ3) is 4.23. The maximum absolute atomic E-state index is 5.95. The van der Waals surface area contributed by atoms with E-state index in [0.29, 0.717) is 28.8 Å². The van der Waals surface area contributed by atoms with Crippen molar-refractivity contribution in [2.45, 2.75) is 11.8 Å². The average molecular weight is 424 g/mol. The van der Waals surface area contributed by atoms with E-state index in [-0.39, 0.29) is 6.01 Å². The van der Waals surface area contributed by atoms with Gasteiger partial charge in [-0.15, -0.1) is 11.8 Å². The van der Waals surface area contributed by atoms with Crippen molar-refractivity contribution in [1.82, 2.24) is 29.9 Å². The van der Waals surface area contributed by atoms with E-state index in [9.17, 15) is 0 Å². The van der Waals surface area contributed by atoms with E-state index < -0.39 is 0 Å². The number of aromatic amines is 1. The van der Waals surface area contributed by atoms with Gasteiger partial charge >= 0.3 is 6.01 Å². The molecule has 3 heterocycles. The second kappa shape index (κ2) is 8.46. The van der Waals surface area contributed by atoms with Crippen LogP contribution in [0.3, 0.4) is 0 Å². The Morgan fingerprint density at radius 2 is 1.97 bits per heavy atom. The second-order valence-electron chi connectivity index (χ2n) is 6.48. The van der Waals surface area contributed by atoms with Gasteiger partial charge in [0.15, 0.2) is 17.4 Å². The number of thioether (sulfide) groups is 1. The highest BCUT2D eigenvalue weighted by Gasteiger charge is 2.20. The van der Waals surface area contributed by atoms with Crippen LogP contribution in [0, 0.1) is 6.92 Å². The van der Waals surface area contributed by atoms with Gasteiger partial charge in [0.25, 0.3) is 0 Å². The number of aromatic nitrogens is 6. The zero-order valence-corrected chi connectivity index (χ0v) is 17.8. The van der Waals surface area contributed by atoms with Gasteiger partial charge in [-0.2, -0.15) is 20.2 Å². The number of hydrogen-bond donors (Lipinski definition) is 2. The minimum atomic E-state index is 0.182. The molecule has 1 aromatic carbocycles. The van der Waals surface area contributed by atoms with Gasteiger partial charge in [0.2, 0.25) is 0 Å². The number of rotatable bonds is 7. The van der Waals surface area contributed by atoms with Crippen LogP contribution in [0.4, 0.5) is 11.6 Å².